The number of hydrogen-bond acceptors (Lipinski definition) is 4. The number of rotatable bonds is 5. The monoisotopic (exact) mass is 347 g/mol. The third kappa shape index (κ3) is 2.78. The Kier molecular flexibility index (Phi) is 4.32. The van der Waals surface area contributed by atoms with Crippen LogP contribution in [0.3, 0.4) is 0 Å². The van der Waals surface area contributed by atoms with Crippen molar-refractivity contribution in [2.45, 2.75) is 38.8 Å². The summed E-state index contributed by atoms with van der Waals surface area (Å²) in [6.45, 7) is 3.78. The minimum atomic E-state index is -0.817. The van der Waals surface area contributed by atoms with Crippen LogP contribution in [0.5, 0.6) is 0 Å². The third-order valence-electron chi connectivity index (χ3n) is 4.43. The van der Waals surface area contributed by atoms with Crippen molar-refractivity contribution in [1.82, 2.24) is 15.2 Å². The van der Waals surface area contributed by atoms with Gasteiger partial charge in [-0.2, -0.15) is 0 Å². The van der Waals surface area contributed by atoms with Crippen molar-refractivity contribution in [2.24, 2.45) is 0 Å². The van der Waals surface area contributed by atoms with E-state index in [1.165, 1.54) is 0 Å². The first-order valence-electron chi connectivity index (χ1n) is 7.84. The molecule has 3 amide bonds. The molecule has 1 saturated heterocycles. The lowest BCUT2D eigenvalue weighted by Gasteiger charge is -2.22. The van der Waals surface area contributed by atoms with E-state index in [2.05, 4.69) is 10.3 Å². The Hall–Kier alpha value is -2.34. The van der Waals surface area contributed by atoms with Gasteiger partial charge in [0, 0.05) is 10.6 Å². The fourth-order valence-electron chi connectivity index (χ4n) is 2.82. The summed E-state index contributed by atoms with van der Waals surface area (Å²) in [6.07, 6.45) is 2.67. The van der Waals surface area contributed by atoms with E-state index in [1.54, 1.807) is 18.3 Å². The summed E-state index contributed by atoms with van der Waals surface area (Å²) in [6, 6.07) is 6.75. The average molecular weight is 348 g/mol. The highest BCUT2D eigenvalue weighted by Crippen LogP contribution is 2.27. The minimum Gasteiger partial charge on any atom is -0.439 e. The largest absolute Gasteiger partial charge is 0.439 e. The number of carbonyl (C=O) groups is 2. The summed E-state index contributed by atoms with van der Waals surface area (Å²) in [5.41, 5.74) is 0.00897. The zero-order chi connectivity index (χ0) is 17.3. The molecule has 1 aromatic carbocycles. The molecule has 0 atom stereocenters. The summed E-state index contributed by atoms with van der Waals surface area (Å²) < 4.78 is 5.68. The number of amides is 3. The SMILES string of the molecule is CCC1(CC)NC(=O)N(Cc2ncc(-c3ccc(Cl)cc3)o2)C1=O. The van der Waals surface area contributed by atoms with Crippen LogP contribution >= 0.6 is 11.6 Å². The van der Waals surface area contributed by atoms with E-state index < -0.39 is 11.6 Å². The molecule has 0 unspecified atom stereocenters. The predicted molar refractivity (Wildman–Crippen MR) is 89.3 cm³/mol. The maximum Gasteiger partial charge on any atom is 0.325 e. The van der Waals surface area contributed by atoms with E-state index in [-0.39, 0.29) is 12.5 Å². The van der Waals surface area contributed by atoms with Gasteiger partial charge in [-0.15, -0.1) is 0 Å². The maximum absolute atomic E-state index is 12.6. The molecule has 1 aromatic heterocycles. The first-order valence-corrected chi connectivity index (χ1v) is 8.21. The lowest BCUT2D eigenvalue weighted by Crippen LogP contribution is -2.45. The van der Waals surface area contributed by atoms with Crippen molar-refractivity contribution < 1.29 is 14.0 Å². The second kappa shape index (κ2) is 6.28. The molecule has 0 aliphatic carbocycles. The molecule has 3 rings (SSSR count). The fraction of sp³-hybridized carbons (Fsp3) is 0.353. The molecular weight excluding hydrogens is 330 g/mol. The number of carbonyl (C=O) groups excluding carboxylic acids is 2. The third-order valence-corrected chi connectivity index (χ3v) is 4.68. The van der Waals surface area contributed by atoms with Gasteiger partial charge in [-0.05, 0) is 37.1 Å². The van der Waals surface area contributed by atoms with Gasteiger partial charge >= 0.3 is 6.03 Å². The summed E-state index contributed by atoms with van der Waals surface area (Å²) in [5, 5.41) is 3.42. The van der Waals surface area contributed by atoms with Crippen LogP contribution in [0.25, 0.3) is 11.3 Å². The van der Waals surface area contributed by atoms with Crippen LogP contribution in [0, 0.1) is 0 Å². The summed E-state index contributed by atoms with van der Waals surface area (Å²) >= 11 is 5.87. The molecule has 0 radical (unpaired) electrons. The van der Waals surface area contributed by atoms with E-state index >= 15 is 0 Å². The molecule has 1 aliphatic heterocycles. The van der Waals surface area contributed by atoms with Gasteiger partial charge in [0.2, 0.25) is 5.89 Å². The number of nitrogens with zero attached hydrogens (tertiary/aromatic N) is 2. The molecular formula is C17H18ClN3O3. The van der Waals surface area contributed by atoms with E-state index in [0.29, 0.717) is 29.5 Å². The van der Waals surface area contributed by atoms with Gasteiger partial charge in [0.15, 0.2) is 5.76 Å². The summed E-state index contributed by atoms with van der Waals surface area (Å²) in [4.78, 5) is 30.1. The lowest BCUT2D eigenvalue weighted by molar-refractivity contribution is -0.132. The van der Waals surface area contributed by atoms with E-state index in [9.17, 15) is 9.59 Å². The maximum atomic E-state index is 12.6. The molecule has 6 nitrogen and oxygen atoms in total. The van der Waals surface area contributed by atoms with Gasteiger partial charge in [0.1, 0.15) is 12.1 Å². The Morgan fingerprint density at radius 1 is 1.21 bits per heavy atom. The lowest BCUT2D eigenvalue weighted by atomic mass is 9.93. The summed E-state index contributed by atoms with van der Waals surface area (Å²) in [7, 11) is 0. The highest BCUT2D eigenvalue weighted by Gasteiger charge is 2.48. The Morgan fingerprint density at radius 3 is 2.46 bits per heavy atom. The van der Waals surface area contributed by atoms with Crippen molar-refractivity contribution in [1.29, 1.82) is 0 Å². The van der Waals surface area contributed by atoms with Gasteiger partial charge in [-0.25, -0.2) is 9.78 Å². The topological polar surface area (TPSA) is 75.4 Å². The molecule has 0 spiro atoms. The fourth-order valence-corrected chi connectivity index (χ4v) is 2.94. The van der Waals surface area contributed by atoms with Crippen molar-refractivity contribution in [3.63, 3.8) is 0 Å². The van der Waals surface area contributed by atoms with Gasteiger partial charge in [-0.3, -0.25) is 9.69 Å². The van der Waals surface area contributed by atoms with Crippen LogP contribution in [-0.2, 0) is 11.3 Å². The number of nitrogens with one attached hydrogen (secondary N) is 1. The molecule has 2 heterocycles. The highest BCUT2D eigenvalue weighted by molar-refractivity contribution is 6.30. The smallest absolute Gasteiger partial charge is 0.325 e. The second-order valence-electron chi connectivity index (χ2n) is 5.74. The first kappa shape index (κ1) is 16.5. The van der Waals surface area contributed by atoms with Crippen LogP contribution in [0.2, 0.25) is 5.02 Å². The van der Waals surface area contributed by atoms with Crippen LogP contribution in [0.1, 0.15) is 32.6 Å². The van der Waals surface area contributed by atoms with Crippen molar-refractivity contribution in [3.05, 3.63) is 41.4 Å². The molecule has 2 aromatic rings. The zero-order valence-electron chi connectivity index (χ0n) is 13.5. The van der Waals surface area contributed by atoms with Gasteiger partial charge in [0.25, 0.3) is 5.91 Å². The Bertz CT molecular complexity index is 766. The number of halogens is 1. The minimum absolute atomic E-state index is 0.0139. The molecule has 1 fully saturated rings. The molecule has 0 bridgehead atoms. The quantitative estimate of drug-likeness (QED) is 0.838. The Morgan fingerprint density at radius 2 is 1.88 bits per heavy atom. The number of urea groups is 1. The zero-order valence-corrected chi connectivity index (χ0v) is 14.3. The number of hydrogen-bond donors (Lipinski definition) is 1. The van der Waals surface area contributed by atoms with Crippen molar-refractivity contribution >= 4 is 23.5 Å². The number of oxazole rings is 1. The van der Waals surface area contributed by atoms with Crippen LogP contribution in [0.15, 0.2) is 34.9 Å². The predicted octanol–water partition coefficient (Wildman–Crippen LogP) is 3.61. The Balaban J connectivity index is 1.79. The molecule has 1 N–H and O–H groups in total. The first-order chi connectivity index (χ1) is 11.5. The van der Waals surface area contributed by atoms with Crippen molar-refractivity contribution in [3.8, 4) is 11.3 Å². The second-order valence-corrected chi connectivity index (χ2v) is 6.17. The van der Waals surface area contributed by atoms with Crippen LogP contribution in [0.4, 0.5) is 4.79 Å². The molecule has 0 saturated carbocycles. The highest BCUT2D eigenvalue weighted by atomic mass is 35.5. The van der Waals surface area contributed by atoms with Gasteiger partial charge < -0.3 is 9.73 Å². The molecule has 24 heavy (non-hydrogen) atoms. The number of imide groups is 1. The molecule has 1 aliphatic rings. The average Bonchev–Trinajstić information content (AvgIpc) is 3.14. The molecule has 7 heteroatoms. The van der Waals surface area contributed by atoms with Gasteiger partial charge in [0.05, 0.1) is 6.20 Å². The van der Waals surface area contributed by atoms with Crippen LogP contribution < -0.4 is 5.32 Å². The number of benzene rings is 1. The van der Waals surface area contributed by atoms with E-state index in [0.717, 1.165) is 10.5 Å². The number of aromatic nitrogens is 1. The molecule has 126 valence electrons. The Labute approximate surface area is 144 Å². The van der Waals surface area contributed by atoms with Crippen molar-refractivity contribution in [2.75, 3.05) is 0 Å². The van der Waals surface area contributed by atoms with Crippen LogP contribution in [-0.4, -0.2) is 27.4 Å². The normalized spacial score (nSPS) is 16.5. The van der Waals surface area contributed by atoms with E-state index in [1.807, 2.05) is 26.0 Å². The van der Waals surface area contributed by atoms with Gasteiger partial charge in [-0.1, -0.05) is 25.4 Å². The van der Waals surface area contributed by atoms with E-state index in [4.69, 9.17) is 16.0 Å². The standard InChI is InChI=1S/C17H18ClN3O3/c1-3-17(4-2)15(22)21(16(23)20-17)10-14-19-9-13(24-14)11-5-7-12(18)8-6-11/h5-9H,3-4,10H2,1-2H3,(H,20,23). The summed E-state index contributed by atoms with van der Waals surface area (Å²) in [5.74, 6) is 0.640.